The molecule has 0 saturated carbocycles. The zero-order valence-corrected chi connectivity index (χ0v) is 14.9. The maximum atomic E-state index is 12.4. The van der Waals surface area contributed by atoms with Gasteiger partial charge in [-0.2, -0.15) is 0 Å². The first kappa shape index (κ1) is 20.7. The molecule has 126 valence electrons. The van der Waals surface area contributed by atoms with Crippen molar-refractivity contribution in [2.75, 3.05) is 31.1 Å². The van der Waals surface area contributed by atoms with Crippen LogP contribution in [0.4, 0.5) is 0 Å². The summed E-state index contributed by atoms with van der Waals surface area (Å²) < 4.78 is 24.0. The Hall–Kier alpha value is -0.330. The molecule has 1 N–H and O–H groups in total. The van der Waals surface area contributed by atoms with Gasteiger partial charge in [0.05, 0.1) is 5.75 Å². The van der Waals surface area contributed by atoms with Crippen LogP contribution in [0.3, 0.4) is 0 Å². The highest BCUT2D eigenvalue weighted by molar-refractivity contribution is 7.92. The summed E-state index contributed by atoms with van der Waals surface area (Å²) in [6.07, 6.45) is 2.69. The zero-order chi connectivity index (χ0) is 15.2. The van der Waals surface area contributed by atoms with Crippen LogP contribution in [-0.2, 0) is 14.6 Å². The van der Waals surface area contributed by atoms with Gasteiger partial charge < -0.3 is 10.2 Å². The molecule has 0 radical (unpaired) electrons. The zero-order valence-electron chi connectivity index (χ0n) is 13.3. The molecule has 1 fully saturated rings. The Morgan fingerprint density at radius 2 is 1.86 bits per heavy atom. The molecule has 7 heteroatoms. The van der Waals surface area contributed by atoms with Crippen molar-refractivity contribution >= 4 is 28.2 Å². The average molecular weight is 341 g/mol. The molecule has 5 nitrogen and oxygen atoms in total. The predicted octanol–water partition coefficient (Wildman–Crippen LogP) is 1.47. The smallest absolute Gasteiger partial charge is 0.238 e. The van der Waals surface area contributed by atoms with Crippen molar-refractivity contribution in [3.8, 4) is 0 Å². The molecular formula is C14H29ClN2O3S. The van der Waals surface area contributed by atoms with E-state index in [4.69, 9.17) is 0 Å². The number of halogens is 1. The third kappa shape index (κ3) is 7.47. The third-order valence-electron chi connectivity index (χ3n) is 3.46. The van der Waals surface area contributed by atoms with Gasteiger partial charge in [0, 0.05) is 12.6 Å². The molecule has 0 unspecified atom stereocenters. The van der Waals surface area contributed by atoms with Crippen molar-refractivity contribution in [3.63, 3.8) is 0 Å². The number of piperidine rings is 1. The van der Waals surface area contributed by atoms with Gasteiger partial charge >= 0.3 is 0 Å². The van der Waals surface area contributed by atoms with Crippen molar-refractivity contribution in [2.45, 2.75) is 46.1 Å². The predicted molar refractivity (Wildman–Crippen MR) is 88.6 cm³/mol. The first-order valence-electron chi connectivity index (χ1n) is 7.56. The van der Waals surface area contributed by atoms with Gasteiger partial charge in [0.1, 0.15) is 5.75 Å². The fraction of sp³-hybridized carbons (Fsp3) is 0.929. The van der Waals surface area contributed by atoms with Crippen LogP contribution in [0.25, 0.3) is 0 Å². The summed E-state index contributed by atoms with van der Waals surface area (Å²) in [5.41, 5.74) is 0. The van der Waals surface area contributed by atoms with Crippen molar-refractivity contribution in [1.82, 2.24) is 10.2 Å². The fourth-order valence-corrected chi connectivity index (χ4v) is 4.38. The number of nitrogens with zero attached hydrogens (tertiary/aromatic N) is 1. The van der Waals surface area contributed by atoms with Crippen LogP contribution in [0.5, 0.6) is 0 Å². The van der Waals surface area contributed by atoms with E-state index in [1.54, 1.807) is 4.90 Å². The Labute approximate surface area is 135 Å². The lowest BCUT2D eigenvalue weighted by Crippen LogP contribution is -2.48. The molecule has 0 aromatic heterocycles. The number of nitrogens with one attached hydrogen (secondary N) is 1. The summed E-state index contributed by atoms with van der Waals surface area (Å²) in [6, 6.07) is 0.193. The quantitative estimate of drug-likeness (QED) is 0.762. The Balaban J connectivity index is 0.00000400. The molecule has 1 aliphatic rings. The van der Waals surface area contributed by atoms with Crippen molar-refractivity contribution in [1.29, 1.82) is 0 Å². The Kier molecular flexibility index (Phi) is 9.49. The summed E-state index contributed by atoms with van der Waals surface area (Å²) in [4.78, 5) is 14.1. The second kappa shape index (κ2) is 9.64. The molecule has 0 aromatic rings. The number of rotatable bonds is 7. The maximum absolute atomic E-state index is 12.4. The van der Waals surface area contributed by atoms with E-state index in [-0.39, 0.29) is 41.8 Å². The van der Waals surface area contributed by atoms with Crippen LogP contribution >= 0.6 is 12.4 Å². The molecule has 1 saturated heterocycles. The van der Waals surface area contributed by atoms with Crippen LogP contribution in [0.2, 0.25) is 0 Å². The number of amides is 1. The summed E-state index contributed by atoms with van der Waals surface area (Å²) >= 11 is 0. The molecule has 0 bridgehead atoms. The molecule has 21 heavy (non-hydrogen) atoms. The lowest BCUT2D eigenvalue weighted by atomic mass is 10.0. The van der Waals surface area contributed by atoms with Gasteiger partial charge in [0.15, 0.2) is 9.84 Å². The number of sulfone groups is 1. The highest BCUT2D eigenvalue weighted by atomic mass is 35.5. The van der Waals surface area contributed by atoms with Gasteiger partial charge in [-0.3, -0.25) is 4.79 Å². The molecule has 0 spiro atoms. The van der Waals surface area contributed by atoms with Crippen LogP contribution in [0.1, 0.15) is 40.0 Å². The normalized spacial score (nSPS) is 16.6. The number of hydrogen-bond acceptors (Lipinski definition) is 4. The first-order chi connectivity index (χ1) is 9.35. The van der Waals surface area contributed by atoms with Crippen molar-refractivity contribution in [3.05, 3.63) is 0 Å². The van der Waals surface area contributed by atoms with Crippen LogP contribution in [-0.4, -0.2) is 56.4 Å². The third-order valence-corrected chi connectivity index (χ3v) is 5.33. The highest BCUT2D eigenvalue weighted by Gasteiger charge is 2.28. The number of carbonyl (C=O) groups excluding carboxylic acids is 1. The second-order valence-corrected chi connectivity index (χ2v) is 8.13. The lowest BCUT2D eigenvalue weighted by molar-refractivity contribution is -0.131. The number of carbonyl (C=O) groups is 1. The molecule has 0 atom stereocenters. The van der Waals surface area contributed by atoms with E-state index in [1.165, 1.54) is 0 Å². The summed E-state index contributed by atoms with van der Waals surface area (Å²) in [5.74, 6) is -0.411. The van der Waals surface area contributed by atoms with Gasteiger partial charge in [0.2, 0.25) is 5.91 Å². The van der Waals surface area contributed by atoms with Crippen molar-refractivity contribution in [2.24, 2.45) is 5.92 Å². The van der Waals surface area contributed by atoms with E-state index in [1.807, 2.05) is 20.8 Å². The van der Waals surface area contributed by atoms with Gasteiger partial charge in [-0.15, -0.1) is 12.4 Å². The largest absolute Gasteiger partial charge is 0.339 e. The monoisotopic (exact) mass is 340 g/mol. The molecule has 0 aromatic carbocycles. The second-order valence-electron chi connectivity index (χ2n) is 6.02. The molecular weight excluding hydrogens is 312 g/mol. The molecule has 1 heterocycles. The Bertz CT molecular complexity index is 406. The highest BCUT2D eigenvalue weighted by Crippen LogP contribution is 2.14. The van der Waals surface area contributed by atoms with Gasteiger partial charge in [-0.05, 0) is 38.3 Å². The van der Waals surface area contributed by atoms with E-state index in [2.05, 4.69) is 5.32 Å². The standard InChI is InChI=1S/C14H28N2O3S.ClH/c1-4-9-16(13-5-7-15-8-6-13)14(17)11-20(18,19)10-12(2)3;/h12-13,15H,4-11H2,1-3H3;1H. The molecule has 1 amide bonds. The van der Waals surface area contributed by atoms with Crippen molar-refractivity contribution < 1.29 is 13.2 Å². The summed E-state index contributed by atoms with van der Waals surface area (Å²) in [6.45, 7) is 8.19. The summed E-state index contributed by atoms with van der Waals surface area (Å²) in [7, 11) is -3.29. The van der Waals surface area contributed by atoms with E-state index < -0.39 is 9.84 Å². The minimum atomic E-state index is -3.29. The van der Waals surface area contributed by atoms with Gasteiger partial charge in [-0.25, -0.2) is 8.42 Å². The van der Waals surface area contributed by atoms with Gasteiger partial charge in [0.25, 0.3) is 0 Å². The molecule has 1 aliphatic heterocycles. The Morgan fingerprint density at radius 1 is 1.29 bits per heavy atom. The van der Waals surface area contributed by atoms with E-state index >= 15 is 0 Å². The number of hydrogen-bond donors (Lipinski definition) is 1. The fourth-order valence-electron chi connectivity index (χ4n) is 2.71. The topological polar surface area (TPSA) is 66.5 Å². The SMILES string of the molecule is CCCN(C(=O)CS(=O)(=O)CC(C)C)C1CCNCC1.Cl. The van der Waals surface area contributed by atoms with E-state index in [0.717, 1.165) is 32.4 Å². The minimum absolute atomic E-state index is 0. The minimum Gasteiger partial charge on any atom is -0.339 e. The Morgan fingerprint density at radius 3 is 2.33 bits per heavy atom. The first-order valence-corrected chi connectivity index (χ1v) is 9.38. The van der Waals surface area contributed by atoms with E-state index in [0.29, 0.717) is 6.54 Å². The lowest BCUT2D eigenvalue weighted by Gasteiger charge is -2.34. The van der Waals surface area contributed by atoms with E-state index in [9.17, 15) is 13.2 Å². The summed E-state index contributed by atoms with van der Waals surface area (Å²) in [5, 5.41) is 3.27. The maximum Gasteiger partial charge on any atom is 0.238 e. The average Bonchev–Trinajstić information content (AvgIpc) is 2.34. The molecule has 1 rings (SSSR count). The van der Waals surface area contributed by atoms with Crippen LogP contribution in [0, 0.1) is 5.92 Å². The molecule has 0 aliphatic carbocycles. The van der Waals surface area contributed by atoms with Crippen LogP contribution in [0.15, 0.2) is 0 Å². The van der Waals surface area contributed by atoms with Crippen LogP contribution < -0.4 is 5.32 Å². The van der Waals surface area contributed by atoms with Gasteiger partial charge in [-0.1, -0.05) is 20.8 Å².